The van der Waals surface area contributed by atoms with Crippen LogP contribution in [0.3, 0.4) is 0 Å². The molecule has 4 aliphatic carbocycles. The number of fused-ring (bicyclic) bond motifs is 5. The molecule has 24 heavy (non-hydrogen) atoms. The molecule has 4 rings (SSSR count). The van der Waals surface area contributed by atoms with Crippen LogP contribution >= 0.6 is 0 Å². The summed E-state index contributed by atoms with van der Waals surface area (Å²) in [6.45, 7) is 6.81. The third-order valence-electron chi connectivity index (χ3n) is 8.88. The van der Waals surface area contributed by atoms with Crippen LogP contribution in [0.15, 0.2) is 11.6 Å². The first kappa shape index (κ1) is 16.8. The van der Waals surface area contributed by atoms with E-state index in [1.54, 1.807) is 5.57 Å². The van der Waals surface area contributed by atoms with Gasteiger partial charge in [-0.1, -0.05) is 25.5 Å². The highest BCUT2D eigenvalue weighted by molar-refractivity contribution is 5.79. The fourth-order valence-corrected chi connectivity index (χ4v) is 7.50. The van der Waals surface area contributed by atoms with E-state index in [1.165, 1.54) is 38.5 Å². The lowest BCUT2D eigenvalue weighted by Crippen LogP contribution is -2.51. The lowest BCUT2D eigenvalue weighted by atomic mass is 9.47. The van der Waals surface area contributed by atoms with E-state index in [1.807, 2.05) is 14.0 Å². The van der Waals surface area contributed by atoms with Crippen LogP contribution in [-0.4, -0.2) is 19.0 Å². The number of hydrogen-bond acceptors (Lipinski definition) is 2. The van der Waals surface area contributed by atoms with Crippen LogP contribution in [0.2, 0.25) is 0 Å². The molecule has 0 aromatic heterocycles. The largest absolute Gasteiger partial charge is 0.381 e. The van der Waals surface area contributed by atoms with Crippen molar-refractivity contribution in [2.24, 2.45) is 34.5 Å². The second-order valence-electron chi connectivity index (χ2n) is 9.64. The average molecular weight is 331 g/mol. The van der Waals surface area contributed by atoms with Gasteiger partial charge in [-0.25, -0.2) is 0 Å². The minimum absolute atomic E-state index is 0.276. The number of Topliss-reactive ketones (excluding diaryl/α,β-unsaturated/α-hetero) is 1. The SMILES string of the molecule is COC1CCC2(C)C(=CCC3C2CCC2(C)C(C(C)=O)CCC32)C1. The number of ether oxygens (including phenoxy) is 1. The van der Waals surface area contributed by atoms with Crippen LogP contribution in [0.4, 0.5) is 0 Å². The number of allylic oxidation sites excluding steroid dienone is 1. The minimum atomic E-state index is 0.276. The highest BCUT2D eigenvalue weighted by Crippen LogP contribution is 2.66. The fourth-order valence-electron chi connectivity index (χ4n) is 7.50. The summed E-state index contributed by atoms with van der Waals surface area (Å²) in [5.41, 5.74) is 2.36. The van der Waals surface area contributed by atoms with E-state index < -0.39 is 0 Å². The van der Waals surface area contributed by atoms with Gasteiger partial charge in [-0.15, -0.1) is 0 Å². The Morgan fingerprint density at radius 1 is 1.12 bits per heavy atom. The predicted octanol–water partition coefficient (Wildman–Crippen LogP) is 5.17. The lowest BCUT2D eigenvalue weighted by Gasteiger charge is -2.58. The van der Waals surface area contributed by atoms with Crippen molar-refractivity contribution in [3.05, 3.63) is 11.6 Å². The third-order valence-corrected chi connectivity index (χ3v) is 8.88. The van der Waals surface area contributed by atoms with E-state index in [0.717, 1.165) is 30.6 Å². The van der Waals surface area contributed by atoms with E-state index in [2.05, 4.69) is 19.9 Å². The van der Waals surface area contributed by atoms with Gasteiger partial charge in [-0.2, -0.15) is 0 Å². The van der Waals surface area contributed by atoms with Gasteiger partial charge >= 0.3 is 0 Å². The Labute approximate surface area is 147 Å². The van der Waals surface area contributed by atoms with E-state index in [0.29, 0.717) is 23.2 Å². The van der Waals surface area contributed by atoms with Crippen molar-refractivity contribution >= 4 is 5.78 Å². The van der Waals surface area contributed by atoms with Crippen molar-refractivity contribution in [3.8, 4) is 0 Å². The van der Waals surface area contributed by atoms with E-state index >= 15 is 0 Å². The monoisotopic (exact) mass is 330 g/mol. The molecule has 0 aromatic carbocycles. The normalized spacial score (nSPS) is 50.5. The molecule has 0 N–H and O–H groups in total. The van der Waals surface area contributed by atoms with Gasteiger partial charge in [0, 0.05) is 13.0 Å². The highest BCUT2D eigenvalue weighted by atomic mass is 16.5. The first-order chi connectivity index (χ1) is 11.4. The second-order valence-corrected chi connectivity index (χ2v) is 9.64. The summed E-state index contributed by atoms with van der Waals surface area (Å²) in [4.78, 5) is 12.2. The molecule has 7 unspecified atom stereocenters. The Hall–Kier alpha value is -0.630. The third kappa shape index (κ3) is 2.21. The molecule has 2 heteroatoms. The lowest BCUT2D eigenvalue weighted by molar-refractivity contribution is -0.127. The highest BCUT2D eigenvalue weighted by Gasteiger charge is 2.59. The van der Waals surface area contributed by atoms with E-state index in [-0.39, 0.29) is 5.41 Å². The Balaban J connectivity index is 1.63. The van der Waals surface area contributed by atoms with Crippen molar-refractivity contribution < 1.29 is 9.53 Å². The van der Waals surface area contributed by atoms with Crippen LogP contribution in [0.1, 0.15) is 72.1 Å². The topological polar surface area (TPSA) is 26.3 Å². The van der Waals surface area contributed by atoms with E-state index in [9.17, 15) is 4.79 Å². The molecular formula is C22H34O2. The zero-order valence-corrected chi connectivity index (χ0v) is 15.9. The van der Waals surface area contributed by atoms with Gasteiger partial charge in [-0.3, -0.25) is 4.79 Å². The average Bonchev–Trinajstić information content (AvgIpc) is 2.91. The first-order valence-corrected chi connectivity index (χ1v) is 10.1. The number of methoxy groups -OCH3 is 1. The summed E-state index contributed by atoms with van der Waals surface area (Å²) in [5.74, 6) is 3.17. The van der Waals surface area contributed by atoms with Gasteiger partial charge in [0.05, 0.1) is 6.10 Å². The molecule has 0 heterocycles. The molecule has 0 aromatic rings. The summed E-state index contributed by atoms with van der Waals surface area (Å²) in [6.07, 6.45) is 12.9. The van der Waals surface area contributed by atoms with Crippen LogP contribution < -0.4 is 0 Å². The number of rotatable bonds is 2. The van der Waals surface area contributed by atoms with Crippen molar-refractivity contribution in [1.29, 1.82) is 0 Å². The van der Waals surface area contributed by atoms with E-state index in [4.69, 9.17) is 4.74 Å². The molecule has 0 saturated heterocycles. The van der Waals surface area contributed by atoms with Crippen LogP contribution in [0.5, 0.6) is 0 Å². The Morgan fingerprint density at radius 3 is 2.62 bits per heavy atom. The minimum Gasteiger partial charge on any atom is -0.381 e. The predicted molar refractivity (Wildman–Crippen MR) is 96.7 cm³/mol. The van der Waals surface area contributed by atoms with Gasteiger partial charge in [0.1, 0.15) is 5.78 Å². The summed E-state index contributed by atoms with van der Waals surface area (Å²) in [6, 6.07) is 0. The molecule has 134 valence electrons. The molecule has 0 radical (unpaired) electrons. The molecule has 0 aliphatic heterocycles. The number of carbonyl (C=O) groups excluding carboxylic acids is 1. The second kappa shape index (κ2) is 5.69. The smallest absolute Gasteiger partial charge is 0.133 e. The molecule has 2 nitrogen and oxygen atoms in total. The van der Waals surface area contributed by atoms with Crippen molar-refractivity contribution in [2.75, 3.05) is 7.11 Å². The maximum atomic E-state index is 12.2. The van der Waals surface area contributed by atoms with Gasteiger partial charge in [0.15, 0.2) is 0 Å². The Kier molecular flexibility index (Phi) is 3.99. The Bertz CT molecular complexity index is 564. The van der Waals surface area contributed by atoms with Crippen LogP contribution in [-0.2, 0) is 9.53 Å². The van der Waals surface area contributed by atoms with Crippen molar-refractivity contribution in [1.82, 2.24) is 0 Å². The van der Waals surface area contributed by atoms with Gasteiger partial charge in [0.2, 0.25) is 0 Å². The van der Waals surface area contributed by atoms with Crippen LogP contribution in [0.25, 0.3) is 0 Å². The van der Waals surface area contributed by atoms with Crippen molar-refractivity contribution in [2.45, 2.75) is 78.2 Å². The van der Waals surface area contributed by atoms with Crippen molar-refractivity contribution in [3.63, 3.8) is 0 Å². The maximum absolute atomic E-state index is 12.2. The molecule has 4 aliphatic rings. The van der Waals surface area contributed by atoms with Gasteiger partial charge in [-0.05, 0) is 86.9 Å². The molecule has 3 saturated carbocycles. The maximum Gasteiger partial charge on any atom is 0.133 e. The number of hydrogen-bond donors (Lipinski definition) is 0. The summed E-state index contributed by atoms with van der Waals surface area (Å²) in [5, 5.41) is 0. The zero-order chi connectivity index (χ0) is 17.1. The molecule has 0 amide bonds. The molecule has 3 fully saturated rings. The number of ketones is 1. The molecular weight excluding hydrogens is 296 g/mol. The molecule has 0 spiro atoms. The number of carbonyl (C=O) groups is 1. The summed E-state index contributed by atoms with van der Waals surface area (Å²) in [7, 11) is 1.87. The van der Waals surface area contributed by atoms with Gasteiger partial charge < -0.3 is 4.74 Å². The van der Waals surface area contributed by atoms with Crippen LogP contribution in [0, 0.1) is 34.5 Å². The van der Waals surface area contributed by atoms with Gasteiger partial charge in [0.25, 0.3) is 0 Å². The summed E-state index contributed by atoms with van der Waals surface area (Å²) < 4.78 is 5.67. The molecule has 0 bridgehead atoms. The Morgan fingerprint density at radius 2 is 1.92 bits per heavy atom. The first-order valence-electron chi connectivity index (χ1n) is 10.1. The fraction of sp³-hybridized carbons (Fsp3) is 0.864. The molecule has 7 atom stereocenters. The summed E-state index contributed by atoms with van der Waals surface area (Å²) >= 11 is 0. The quantitative estimate of drug-likeness (QED) is 0.653. The zero-order valence-electron chi connectivity index (χ0n) is 15.9. The standard InChI is InChI=1S/C22H34O2/c1-14(23)18-7-8-19-17-6-5-15-13-16(24-4)9-11-21(15,2)20(17)10-12-22(18,19)3/h5,16-20H,6-13H2,1-4H3.